The number of aryl methyl sites for hydroxylation is 1. The van der Waals surface area contributed by atoms with Crippen molar-refractivity contribution in [1.82, 2.24) is 18.7 Å². The van der Waals surface area contributed by atoms with Crippen LogP contribution in [0.2, 0.25) is 0 Å². The van der Waals surface area contributed by atoms with Gasteiger partial charge in [-0.1, -0.05) is 24.3 Å². The lowest BCUT2D eigenvalue weighted by atomic mass is 10.3. The number of aromatic nitrogens is 4. The van der Waals surface area contributed by atoms with Gasteiger partial charge in [0.1, 0.15) is 0 Å². The number of nitrogens with zero attached hydrogens (tertiary/aromatic N) is 6. The van der Waals surface area contributed by atoms with E-state index in [1.165, 1.54) is 9.13 Å². The summed E-state index contributed by atoms with van der Waals surface area (Å²) >= 11 is 0. The highest BCUT2D eigenvalue weighted by Crippen LogP contribution is 2.24. The summed E-state index contributed by atoms with van der Waals surface area (Å²) < 4.78 is 4.47. The van der Waals surface area contributed by atoms with Gasteiger partial charge in [0.2, 0.25) is 5.95 Å². The molecule has 3 rings (SSSR count). The van der Waals surface area contributed by atoms with Crippen molar-refractivity contribution in [3.63, 3.8) is 0 Å². The minimum atomic E-state index is -0.380. The second-order valence-corrected chi connectivity index (χ2v) is 6.35. The van der Waals surface area contributed by atoms with Crippen LogP contribution in [0, 0.1) is 0 Å². The Hall–Kier alpha value is -2.90. The third-order valence-electron chi connectivity index (χ3n) is 4.06. The molecule has 8 nitrogen and oxygen atoms in total. The first-order chi connectivity index (χ1) is 11.8. The van der Waals surface area contributed by atoms with Crippen molar-refractivity contribution < 1.29 is 0 Å². The van der Waals surface area contributed by atoms with Gasteiger partial charge in [0.15, 0.2) is 11.2 Å². The molecule has 0 bridgehead atoms. The zero-order chi connectivity index (χ0) is 18.3. The van der Waals surface area contributed by atoms with Crippen molar-refractivity contribution in [1.29, 1.82) is 0 Å². The van der Waals surface area contributed by atoms with Crippen LogP contribution < -0.4 is 16.3 Å². The number of hydrazone groups is 1. The van der Waals surface area contributed by atoms with Crippen molar-refractivity contribution >= 4 is 22.8 Å². The van der Waals surface area contributed by atoms with E-state index >= 15 is 0 Å². The fraction of sp³-hybridized carbons (Fsp3) is 0.412. The molecule has 0 aromatic carbocycles. The van der Waals surface area contributed by atoms with Crippen molar-refractivity contribution in [2.24, 2.45) is 12.1 Å². The Labute approximate surface area is 145 Å². The molecule has 0 saturated carbocycles. The zero-order valence-electron chi connectivity index (χ0n) is 15.0. The first kappa shape index (κ1) is 16.9. The van der Waals surface area contributed by atoms with Crippen molar-refractivity contribution in [2.45, 2.75) is 33.9 Å². The molecule has 2 aromatic rings. The van der Waals surface area contributed by atoms with Crippen molar-refractivity contribution in [3.05, 3.63) is 45.1 Å². The van der Waals surface area contributed by atoms with E-state index in [-0.39, 0.29) is 17.8 Å². The lowest BCUT2D eigenvalue weighted by molar-refractivity contribution is 0.663. The Bertz CT molecular complexity index is 1030. The van der Waals surface area contributed by atoms with Gasteiger partial charge < -0.3 is 0 Å². The molecule has 0 saturated heterocycles. The molecule has 0 unspecified atom stereocenters. The number of fused-ring (bicyclic) bond motifs is 3. The highest BCUT2D eigenvalue weighted by Gasteiger charge is 2.26. The highest BCUT2D eigenvalue weighted by molar-refractivity contribution is 5.87. The van der Waals surface area contributed by atoms with Crippen LogP contribution in [0.5, 0.6) is 0 Å². The van der Waals surface area contributed by atoms with Crippen LogP contribution in [0.4, 0.5) is 5.95 Å². The van der Waals surface area contributed by atoms with E-state index in [9.17, 15) is 9.59 Å². The van der Waals surface area contributed by atoms with Gasteiger partial charge >= 0.3 is 5.69 Å². The van der Waals surface area contributed by atoms with Gasteiger partial charge in [-0.3, -0.25) is 18.5 Å². The van der Waals surface area contributed by atoms with E-state index in [4.69, 9.17) is 0 Å². The number of hydrogen-bond acceptors (Lipinski definition) is 5. The second kappa shape index (κ2) is 6.19. The zero-order valence-corrected chi connectivity index (χ0v) is 15.0. The van der Waals surface area contributed by atoms with Crippen LogP contribution in [0.3, 0.4) is 0 Å². The Morgan fingerprint density at radius 3 is 2.72 bits per heavy atom. The van der Waals surface area contributed by atoms with E-state index in [2.05, 4.69) is 16.7 Å². The molecule has 0 atom stereocenters. The predicted octanol–water partition coefficient (Wildman–Crippen LogP) is 1.24. The van der Waals surface area contributed by atoms with Gasteiger partial charge in [0.05, 0.1) is 18.8 Å². The summed E-state index contributed by atoms with van der Waals surface area (Å²) in [5.74, 6) is 0.555. The average molecular weight is 342 g/mol. The molecule has 25 heavy (non-hydrogen) atoms. The van der Waals surface area contributed by atoms with Gasteiger partial charge in [-0.05, 0) is 20.8 Å². The maximum Gasteiger partial charge on any atom is 0.332 e. The monoisotopic (exact) mass is 342 g/mol. The summed E-state index contributed by atoms with van der Waals surface area (Å²) in [7, 11) is 1.63. The summed E-state index contributed by atoms with van der Waals surface area (Å²) in [5.41, 5.74) is 1.87. The molecule has 8 heteroatoms. The highest BCUT2D eigenvalue weighted by atomic mass is 16.2. The third-order valence-corrected chi connectivity index (χ3v) is 4.06. The minimum absolute atomic E-state index is 0.237. The molecule has 0 amide bonds. The van der Waals surface area contributed by atoms with Crippen LogP contribution in [0.1, 0.15) is 20.8 Å². The number of hydrogen-bond donors (Lipinski definition) is 0. The molecular formula is C17H22N6O2. The Balaban J connectivity index is 2.32. The summed E-state index contributed by atoms with van der Waals surface area (Å²) in [6, 6.07) is 0. The molecule has 2 aromatic heterocycles. The van der Waals surface area contributed by atoms with Gasteiger partial charge in [-0.25, -0.2) is 9.80 Å². The van der Waals surface area contributed by atoms with E-state index in [0.717, 1.165) is 11.3 Å². The standard InChI is InChI=1S/C17H22N6O2/c1-6-7-8-21-15(24)13-14(20(5)17(21)25)18-16-22(13)10-12(4)19-23(16)9-11(2)3/h6-7H,2,8-10H2,1,3-5H3. The van der Waals surface area contributed by atoms with Crippen LogP contribution >= 0.6 is 0 Å². The van der Waals surface area contributed by atoms with E-state index in [0.29, 0.717) is 30.2 Å². The van der Waals surface area contributed by atoms with Crippen LogP contribution in [-0.4, -0.2) is 30.9 Å². The van der Waals surface area contributed by atoms with Crippen LogP contribution in [0.25, 0.3) is 11.2 Å². The molecule has 1 aliphatic heterocycles. The Kier molecular flexibility index (Phi) is 4.20. The van der Waals surface area contributed by atoms with Gasteiger partial charge in [-0.2, -0.15) is 10.1 Å². The van der Waals surface area contributed by atoms with Crippen LogP contribution in [0.15, 0.2) is 39.0 Å². The van der Waals surface area contributed by atoms with Gasteiger partial charge in [-0.15, -0.1) is 0 Å². The van der Waals surface area contributed by atoms with Gasteiger partial charge in [0, 0.05) is 13.6 Å². The average Bonchev–Trinajstić information content (AvgIpc) is 2.92. The second-order valence-electron chi connectivity index (χ2n) is 6.35. The molecule has 0 fully saturated rings. The number of anilines is 1. The van der Waals surface area contributed by atoms with E-state index in [1.807, 2.05) is 31.4 Å². The number of imidazole rings is 1. The molecule has 3 heterocycles. The van der Waals surface area contributed by atoms with Gasteiger partial charge in [0.25, 0.3) is 5.56 Å². The molecule has 132 valence electrons. The largest absolute Gasteiger partial charge is 0.332 e. The quantitative estimate of drug-likeness (QED) is 0.784. The molecule has 0 radical (unpaired) electrons. The van der Waals surface area contributed by atoms with Crippen molar-refractivity contribution in [3.8, 4) is 0 Å². The SMILES string of the molecule is C=C(C)CN1N=C(C)Cn2c1nc1c2c(=O)n(CC=CC)c(=O)n1C. The van der Waals surface area contributed by atoms with Crippen LogP contribution in [-0.2, 0) is 20.1 Å². The Morgan fingerprint density at radius 1 is 1.36 bits per heavy atom. The summed E-state index contributed by atoms with van der Waals surface area (Å²) in [6.07, 6.45) is 3.59. The molecule has 0 aliphatic carbocycles. The Morgan fingerprint density at radius 2 is 2.08 bits per heavy atom. The fourth-order valence-electron chi connectivity index (χ4n) is 2.95. The third kappa shape index (κ3) is 2.73. The predicted molar refractivity (Wildman–Crippen MR) is 99.3 cm³/mol. The topological polar surface area (TPSA) is 77.4 Å². The van der Waals surface area contributed by atoms with E-state index in [1.54, 1.807) is 18.1 Å². The molecule has 0 spiro atoms. The minimum Gasteiger partial charge on any atom is -0.297 e. The smallest absolute Gasteiger partial charge is 0.297 e. The van der Waals surface area contributed by atoms with E-state index < -0.39 is 0 Å². The fourth-order valence-corrected chi connectivity index (χ4v) is 2.95. The lowest BCUT2D eigenvalue weighted by Gasteiger charge is -2.24. The number of allylic oxidation sites excluding steroid dienone is 2. The summed E-state index contributed by atoms with van der Waals surface area (Å²) in [5, 5.41) is 6.23. The normalized spacial score (nSPS) is 14.2. The maximum atomic E-state index is 13.0. The molecule has 0 N–H and O–H groups in total. The number of rotatable bonds is 4. The first-order valence-electron chi connectivity index (χ1n) is 8.12. The lowest BCUT2D eigenvalue weighted by Crippen LogP contribution is -2.39. The summed E-state index contributed by atoms with van der Waals surface area (Å²) in [4.78, 5) is 30.0. The molecule has 1 aliphatic rings. The first-order valence-corrected chi connectivity index (χ1v) is 8.12. The van der Waals surface area contributed by atoms with Crippen molar-refractivity contribution in [2.75, 3.05) is 11.6 Å². The maximum absolute atomic E-state index is 13.0. The molecular weight excluding hydrogens is 320 g/mol. The summed E-state index contributed by atoms with van der Waals surface area (Å²) in [6.45, 7) is 10.8.